The van der Waals surface area contributed by atoms with Crippen LogP contribution in [0, 0.1) is 11.8 Å². The smallest absolute Gasteiger partial charge is 0.00464 e. The summed E-state index contributed by atoms with van der Waals surface area (Å²) in [5.74, 6) is 2.00. The van der Waals surface area contributed by atoms with Gasteiger partial charge in [-0.15, -0.1) is 0 Å². The third-order valence-corrected chi connectivity index (χ3v) is 3.45. The summed E-state index contributed by atoms with van der Waals surface area (Å²) in [5.41, 5.74) is 0. The maximum Gasteiger partial charge on any atom is -0.00464 e. The van der Waals surface area contributed by atoms with Crippen LogP contribution in [0.2, 0.25) is 0 Å². The van der Waals surface area contributed by atoms with Crippen molar-refractivity contribution in [2.75, 3.05) is 13.1 Å². The fourth-order valence-corrected chi connectivity index (χ4v) is 2.58. The van der Waals surface area contributed by atoms with Gasteiger partial charge in [-0.05, 0) is 44.2 Å². The third kappa shape index (κ3) is 4.99. The molecular weight excluding hydrogens is 170 g/mol. The Morgan fingerprint density at radius 1 is 1.21 bits per heavy atom. The Morgan fingerprint density at radius 3 is 2.57 bits per heavy atom. The highest BCUT2D eigenvalue weighted by atomic mass is 14.8. The Balaban J connectivity index is 1.95. The van der Waals surface area contributed by atoms with E-state index in [1.54, 1.807) is 0 Å². The van der Waals surface area contributed by atoms with Crippen LogP contribution in [0.1, 0.15) is 58.8 Å². The summed E-state index contributed by atoms with van der Waals surface area (Å²) in [7, 11) is 0. The molecule has 0 aliphatic heterocycles. The largest absolute Gasteiger partial charge is 0.317 e. The van der Waals surface area contributed by atoms with E-state index >= 15 is 0 Å². The zero-order valence-electron chi connectivity index (χ0n) is 10.0. The average molecular weight is 197 g/mol. The zero-order chi connectivity index (χ0) is 10.2. The molecule has 1 nitrogen and oxygen atoms in total. The van der Waals surface area contributed by atoms with Crippen molar-refractivity contribution < 1.29 is 0 Å². The molecule has 0 heterocycles. The van der Waals surface area contributed by atoms with Crippen molar-refractivity contribution >= 4 is 0 Å². The van der Waals surface area contributed by atoms with Gasteiger partial charge >= 0.3 is 0 Å². The minimum absolute atomic E-state index is 0.933. The predicted octanol–water partition coefficient (Wildman–Crippen LogP) is 3.59. The molecule has 0 amide bonds. The van der Waals surface area contributed by atoms with Gasteiger partial charge in [-0.1, -0.05) is 39.5 Å². The minimum Gasteiger partial charge on any atom is -0.317 e. The second kappa shape index (κ2) is 7.28. The van der Waals surface area contributed by atoms with Crippen LogP contribution in [-0.2, 0) is 0 Å². The van der Waals surface area contributed by atoms with Crippen LogP contribution in [0.15, 0.2) is 0 Å². The van der Waals surface area contributed by atoms with Crippen molar-refractivity contribution in [2.45, 2.75) is 58.8 Å². The van der Waals surface area contributed by atoms with Crippen molar-refractivity contribution in [1.29, 1.82) is 0 Å². The summed E-state index contributed by atoms with van der Waals surface area (Å²) in [6, 6.07) is 0. The van der Waals surface area contributed by atoms with Crippen LogP contribution in [0.3, 0.4) is 0 Å². The molecule has 0 saturated heterocycles. The lowest BCUT2D eigenvalue weighted by atomic mass is 9.92. The first-order chi connectivity index (χ1) is 6.83. The molecule has 1 aliphatic carbocycles. The lowest BCUT2D eigenvalue weighted by Crippen LogP contribution is -2.18. The van der Waals surface area contributed by atoms with E-state index in [0.29, 0.717) is 0 Å². The highest BCUT2D eigenvalue weighted by molar-refractivity contribution is 4.70. The molecule has 0 spiro atoms. The first-order valence-corrected chi connectivity index (χ1v) is 6.53. The van der Waals surface area contributed by atoms with E-state index in [2.05, 4.69) is 19.2 Å². The molecule has 0 aromatic heterocycles. The summed E-state index contributed by atoms with van der Waals surface area (Å²) < 4.78 is 0. The normalized spacial score (nSPS) is 20.1. The van der Waals surface area contributed by atoms with E-state index in [1.165, 1.54) is 58.0 Å². The van der Waals surface area contributed by atoms with Crippen LogP contribution < -0.4 is 5.32 Å². The average Bonchev–Trinajstić information content (AvgIpc) is 2.65. The van der Waals surface area contributed by atoms with Gasteiger partial charge in [0.1, 0.15) is 0 Å². The molecule has 1 fully saturated rings. The minimum atomic E-state index is 0.933. The molecular formula is C13H27N. The molecule has 1 unspecified atom stereocenters. The lowest BCUT2D eigenvalue weighted by molar-refractivity contribution is 0.374. The van der Waals surface area contributed by atoms with Gasteiger partial charge in [-0.3, -0.25) is 0 Å². The Bertz CT molecular complexity index is 127. The number of hydrogen-bond acceptors (Lipinski definition) is 1. The van der Waals surface area contributed by atoms with E-state index in [-0.39, 0.29) is 0 Å². The van der Waals surface area contributed by atoms with E-state index in [0.717, 1.165) is 11.8 Å². The van der Waals surface area contributed by atoms with Gasteiger partial charge < -0.3 is 5.32 Å². The third-order valence-electron chi connectivity index (χ3n) is 3.45. The molecule has 1 aliphatic rings. The highest BCUT2D eigenvalue weighted by Crippen LogP contribution is 2.30. The van der Waals surface area contributed by atoms with Crippen molar-refractivity contribution in [1.82, 2.24) is 5.32 Å². The molecule has 84 valence electrons. The summed E-state index contributed by atoms with van der Waals surface area (Å²) in [6.45, 7) is 7.07. The van der Waals surface area contributed by atoms with Gasteiger partial charge in [0, 0.05) is 0 Å². The number of rotatable bonds is 7. The molecule has 14 heavy (non-hydrogen) atoms. The zero-order valence-corrected chi connectivity index (χ0v) is 10.0. The quantitative estimate of drug-likeness (QED) is 0.615. The monoisotopic (exact) mass is 197 g/mol. The molecule has 1 saturated carbocycles. The summed E-state index contributed by atoms with van der Waals surface area (Å²) >= 11 is 0. The molecule has 0 aromatic rings. The summed E-state index contributed by atoms with van der Waals surface area (Å²) in [5, 5.41) is 3.49. The number of nitrogens with one attached hydrogen (secondary N) is 1. The molecule has 1 N–H and O–H groups in total. The van der Waals surface area contributed by atoms with Gasteiger partial charge in [0.25, 0.3) is 0 Å². The Morgan fingerprint density at radius 2 is 1.93 bits per heavy atom. The van der Waals surface area contributed by atoms with Gasteiger partial charge in [0.15, 0.2) is 0 Å². The van der Waals surface area contributed by atoms with E-state index in [1.807, 2.05) is 0 Å². The summed E-state index contributed by atoms with van der Waals surface area (Å²) in [4.78, 5) is 0. The highest BCUT2D eigenvalue weighted by Gasteiger charge is 2.17. The van der Waals surface area contributed by atoms with Crippen LogP contribution in [0.25, 0.3) is 0 Å². The van der Waals surface area contributed by atoms with Crippen molar-refractivity contribution in [3.05, 3.63) is 0 Å². The van der Waals surface area contributed by atoms with Crippen LogP contribution in [0.4, 0.5) is 0 Å². The van der Waals surface area contributed by atoms with Gasteiger partial charge in [-0.25, -0.2) is 0 Å². The SMILES string of the molecule is CCCNCCC(C)CC1CCCC1. The maximum atomic E-state index is 3.49. The first-order valence-electron chi connectivity index (χ1n) is 6.53. The molecule has 0 radical (unpaired) electrons. The van der Waals surface area contributed by atoms with E-state index in [9.17, 15) is 0 Å². The van der Waals surface area contributed by atoms with Crippen LogP contribution >= 0.6 is 0 Å². The summed E-state index contributed by atoms with van der Waals surface area (Å²) in [6.07, 6.45) is 10.1. The Kier molecular flexibility index (Phi) is 6.25. The van der Waals surface area contributed by atoms with Gasteiger partial charge in [0.2, 0.25) is 0 Å². The second-order valence-corrected chi connectivity index (χ2v) is 5.03. The molecule has 1 heteroatoms. The lowest BCUT2D eigenvalue weighted by Gasteiger charge is -2.16. The molecule has 1 rings (SSSR count). The van der Waals surface area contributed by atoms with Crippen molar-refractivity contribution in [3.63, 3.8) is 0 Å². The maximum absolute atomic E-state index is 3.49. The topological polar surface area (TPSA) is 12.0 Å². The van der Waals surface area contributed by atoms with Gasteiger partial charge in [-0.2, -0.15) is 0 Å². The first kappa shape index (κ1) is 12.0. The van der Waals surface area contributed by atoms with E-state index < -0.39 is 0 Å². The molecule has 0 bridgehead atoms. The fourth-order valence-electron chi connectivity index (χ4n) is 2.58. The number of hydrogen-bond donors (Lipinski definition) is 1. The molecule has 1 atom stereocenters. The standard InChI is InChI=1S/C13H27N/c1-3-9-14-10-8-12(2)11-13-6-4-5-7-13/h12-14H,3-11H2,1-2H3. The Labute approximate surface area is 89.7 Å². The van der Waals surface area contributed by atoms with Crippen molar-refractivity contribution in [2.24, 2.45) is 11.8 Å². The van der Waals surface area contributed by atoms with Crippen LogP contribution in [0.5, 0.6) is 0 Å². The van der Waals surface area contributed by atoms with Crippen LogP contribution in [-0.4, -0.2) is 13.1 Å². The fraction of sp³-hybridized carbons (Fsp3) is 1.00. The van der Waals surface area contributed by atoms with Gasteiger partial charge in [0.05, 0.1) is 0 Å². The second-order valence-electron chi connectivity index (χ2n) is 5.03. The van der Waals surface area contributed by atoms with Crippen molar-refractivity contribution in [3.8, 4) is 0 Å². The molecule has 0 aromatic carbocycles. The predicted molar refractivity (Wildman–Crippen MR) is 63.5 cm³/mol. The van der Waals surface area contributed by atoms with E-state index in [4.69, 9.17) is 0 Å². The Hall–Kier alpha value is -0.0400.